The van der Waals surface area contributed by atoms with Crippen molar-refractivity contribution in [2.24, 2.45) is 0 Å². The summed E-state index contributed by atoms with van der Waals surface area (Å²) in [6, 6.07) is 21.9. The quantitative estimate of drug-likeness (QED) is 0.606. The molecule has 0 aliphatic heterocycles. The number of benzene rings is 2. The van der Waals surface area contributed by atoms with E-state index >= 15 is 0 Å². The van der Waals surface area contributed by atoms with Gasteiger partial charge in [0.1, 0.15) is 0 Å². The molecule has 0 amide bonds. The third kappa shape index (κ3) is 11.7. The average molecular weight is 500 g/mol. The fraction of sp³-hybridized carbons (Fsp3) is 0.250. The summed E-state index contributed by atoms with van der Waals surface area (Å²) in [5.74, 6) is 0. The summed E-state index contributed by atoms with van der Waals surface area (Å²) in [6.07, 6.45) is 0. The summed E-state index contributed by atoms with van der Waals surface area (Å²) in [4.78, 5) is 0. The van der Waals surface area contributed by atoms with Crippen LogP contribution in [-0.2, 0) is 0 Å². The van der Waals surface area contributed by atoms with E-state index in [2.05, 4.69) is 71.3 Å². The summed E-state index contributed by atoms with van der Waals surface area (Å²) in [5, 5.41) is 5.50. The van der Waals surface area contributed by atoms with E-state index in [1.54, 1.807) is 7.22 Å². The van der Waals surface area contributed by atoms with Crippen LogP contribution in [0.15, 0.2) is 60.7 Å². The molecule has 0 saturated carbocycles. The number of hydrogen-bond acceptors (Lipinski definition) is 2. The zero-order valence-corrected chi connectivity index (χ0v) is 17.3. The monoisotopic (exact) mass is 504 g/mol. The molecule has 0 aliphatic carbocycles. The minimum absolute atomic E-state index is 0.0996. The van der Waals surface area contributed by atoms with Crippen LogP contribution in [0.5, 0.6) is 0 Å². The Bertz CT molecular complexity index is 366. The standard InChI is InChI=1S/C12H10Te2.2C2H7N/c1-3-7-11(8-4-1)13-14-12-9-5-2-6-10-12;2*1-3-2/h1-10H;2*3H,1-2H3. The second-order valence-electron chi connectivity index (χ2n) is 3.79. The second-order valence-corrected chi connectivity index (χ2v) is 13.8. The topological polar surface area (TPSA) is 24.1 Å². The Balaban J connectivity index is 0.000000520. The normalized spacial score (nSPS) is 8.80. The molecule has 0 aliphatic rings. The Morgan fingerprint density at radius 2 is 0.800 bits per heavy atom. The van der Waals surface area contributed by atoms with Crippen LogP contribution in [0.1, 0.15) is 0 Å². The van der Waals surface area contributed by atoms with Crippen molar-refractivity contribution in [3.63, 3.8) is 0 Å². The first kappa shape index (κ1) is 19.9. The van der Waals surface area contributed by atoms with Gasteiger partial charge in [-0.2, -0.15) is 0 Å². The zero-order valence-electron chi connectivity index (χ0n) is 12.6. The molecule has 0 atom stereocenters. The van der Waals surface area contributed by atoms with Crippen molar-refractivity contribution >= 4 is 41.3 Å². The number of rotatable bonds is 3. The molecule has 110 valence electrons. The third-order valence-corrected chi connectivity index (χ3v) is 13.6. The summed E-state index contributed by atoms with van der Waals surface area (Å²) in [7, 11) is 7.50. The van der Waals surface area contributed by atoms with Gasteiger partial charge < -0.3 is 10.6 Å². The van der Waals surface area contributed by atoms with E-state index in [1.807, 2.05) is 28.2 Å². The van der Waals surface area contributed by atoms with E-state index in [-0.39, 0.29) is 34.1 Å². The van der Waals surface area contributed by atoms with Gasteiger partial charge in [0.25, 0.3) is 0 Å². The van der Waals surface area contributed by atoms with Gasteiger partial charge in [0, 0.05) is 0 Å². The van der Waals surface area contributed by atoms with E-state index in [4.69, 9.17) is 0 Å². The van der Waals surface area contributed by atoms with E-state index in [0.717, 1.165) is 0 Å². The zero-order chi connectivity index (χ0) is 15.1. The summed E-state index contributed by atoms with van der Waals surface area (Å²) in [5.41, 5.74) is 0. The molecular weight excluding hydrogens is 475 g/mol. The predicted octanol–water partition coefficient (Wildman–Crippen LogP) is 0.632. The Kier molecular flexibility index (Phi) is 15.3. The van der Waals surface area contributed by atoms with Gasteiger partial charge in [-0.05, 0) is 28.2 Å². The summed E-state index contributed by atoms with van der Waals surface area (Å²) in [6.45, 7) is 0. The van der Waals surface area contributed by atoms with E-state index in [0.29, 0.717) is 0 Å². The molecule has 0 fully saturated rings. The molecule has 2 N–H and O–H groups in total. The van der Waals surface area contributed by atoms with Crippen LogP contribution in [-0.4, -0.2) is 62.3 Å². The molecule has 0 aromatic heterocycles. The first-order valence-electron chi connectivity index (χ1n) is 6.40. The average Bonchev–Trinajstić information content (AvgIpc) is 2.49. The second kappa shape index (κ2) is 15.3. The molecule has 0 unspecified atom stereocenters. The van der Waals surface area contributed by atoms with Gasteiger partial charge in [-0.15, -0.1) is 0 Å². The molecule has 2 aromatic carbocycles. The molecule has 0 bridgehead atoms. The first-order valence-corrected chi connectivity index (χ1v) is 16.1. The van der Waals surface area contributed by atoms with Crippen LogP contribution in [0.2, 0.25) is 0 Å². The van der Waals surface area contributed by atoms with Gasteiger partial charge in [-0.1, -0.05) is 0 Å². The van der Waals surface area contributed by atoms with Crippen molar-refractivity contribution in [3.05, 3.63) is 60.7 Å². The van der Waals surface area contributed by atoms with E-state index in [1.165, 1.54) is 0 Å². The van der Waals surface area contributed by atoms with E-state index in [9.17, 15) is 0 Å². The van der Waals surface area contributed by atoms with Crippen LogP contribution in [0.4, 0.5) is 0 Å². The molecule has 20 heavy (non-hydrogen) atoms. The van der Waals surface area contributed by atoms with Crippen LogP contribution in [0.3, 0.4) is 0 Å². The molecule has 0 saturated heterocycles. The Labute approximate surface area is 140 Å². The van der Waals surface area contributed by atoms with Crippen molar-refractivity contribution in [3.8, 4) is 0 Å². The molecule has 4 heteroatoms. The van der Waals surface area contributed by atoms with Gasteiger partial charge in [-0.3, -0.25) is 0 Å². The van der Waals surface area contributed by atoms with Crippen LogP contribution < -0.4 is 17.9 Å². The van der Waals surface area contributed by atoms with Crippen molar-refractivity contribution in [2.45, 2.75) is 0 Å². The number of hydrogen-bond donors (Lipinski definition) is 2. The fourth-order valence-corrected chi connectivity index (χ4v) is 11.1. The molecule has 0 spiro atoms. The molecular formula is C16H24N2Te2. The van der Waals surface area contributed by atoms with Crippen LogP contribution in [0, 0.1) is 0 Å². The molecule has 2 rings (SSSR count). The molecule has 0 heterocycles. The van der Waals surface area contributed by atoms with Crippen LogP contribution in [0.25, 0.3) is 0 Å². The third-order valence-electron chi connectivity index (χ3n) is 1.72. The maximum atomic E-state index is 2.75. The van der Waals surface area contributed by atoms with Crippen molar-refractivity contribution in [2.75, 3.05) is 28.2 Å². The number of nitrogens with one attached hydrogen (secondary N) is 2. The minimum atomic E-state index is 0.0996. The summed E-state index contributed by atoms with van der Waals surface area (Å²) < 4.78 is 3.20. The Morgan fingerprint density at radius 3 is 1.05 bits per heavy atom. The van der Waals surface area contributed by atoms with Crippen molar-refractivity contribution < 1.29 is 0 Å². The van der Waals surface area contributed by atoms with Crippen LogP contribution >= 0.6 is 0 Å². The van der Waals surface area contributed by atoms with Gasteiger partial charge in [0.15, 0.2) is 0 Å². The van der Waals surface area contributed by atoms with Gasteiger partial charge >= 0.3 is 102 Å². The van der Waals surface area contributed by atoms with Crippen molar-refractivity contribution in [1.82, 2.24) is 10.6 Å². The SMILES string of the molecule is CNC.CNC.c1ccc([Te][Te]c2ccccc2)cc1. The Morgan fingerprint density at radius 1 is 0.550 bits per heavy atom. The fourth-order valence-electron chi connectivity index (χ4n) is 1.05. The van der Waals surface area contributed by atoms with E-state index < -0.39 is 0 Å². The van der Waals surface area contributed by atoms with Gasteiger partial charge in [-0.25, -0.2) is 0 Å². The van der Waals surface area contributed by atoms with Crippen molar-refractivity contribution in [1.29, 1.82) is 0 Å². The predicted molar refractivity (Wildman–Crippen MR) is 93.6 cm³/mol. The molecule has 2 nitrogen and oxygen atoms in total. The summed E-state index contributed by atoms with van der Waals surface area (Å²) >= 11 is 0.199. The van der Waals surface area contributed by atoms with Gasteiger partial charge in [0.2, 0.25) is 0 Å². The van der Waals surface area contributed by atoms with Gasteiger partial charge in [0.05, 0.1) is 0 Å². The Hall–Kier alpha value is -0.0608. The first-order chi connectivity index (χ1) is 9.78. The molecule has 2 aromatic rings. The molecule has 0 radical (unpaired) electrons. The maximum absolute atomic E-state index is 2.75.